The molecule has 3 aromatic rings. The number of nitriles is 1. The standard InChI is InChI=1S/C25H19BrCl2N2O3/c1-2-32-23-13-16(11-18(14-29)25(31)30-20-9-7-19(26)8-10-20)12-22(28)24(23)33-15-17-5-3-4-6-21(17)27/h3-13H,2,15H2,1H3,(H,30,31)/b18-11+. The molecule has 0 radical (unpaired) electrons. The predicted octanol–water partition coefficient (Wildman–Crippen LogP) is 7.28. The Morgan fingerprint density at radius 2 is 1.82 bits per heavy atom. The highest BCUT2D eigenvalue weighted by atomic mass is 79.9. The van der Waals surface area contributed by atoms with Gasteiger partial charge in [-0.3, -0.25) is 4.79 Å². The van der Waals surface area contributed by atoms with E-state index in [4.69, 9.17) is 32.7 Å². The van der Waals surface area contributed by atoms with Crippen molar-refractivity contribution in [2.45, 2.75) is 13.5 Å². The van der Waals surface area contributed by atoms with Crippen LogP contribution in [-0.2, 0) is 11.4 Å². The van der Waals surface area contributed by atoms with E-state index < -0.39 is 5.91 Å². The summed E-state index contributed by atoms with van der Waals surface area (Å²) in [5.41, 5.74) is 1.82. The number of ether oxygens (including phenoxy) is 2. The summed E-state index contributed by atoms with van der Waals surface area (Å²) in [6.45, 7) is 2.41. The summed E-state index contributed by atoms with van der Waals surface area (Å²) in [5.74, 6) is 0.218. The van der Waals surface area contributed by atoms with Gasteiger partial charge in [0.15, 0.2) is 11.5 Å². The Morgan fingerprint density at radius 1 is 1.09 bits per heavy atom. The van der Waals surface area contributed by atoms with Crippen molar-refractivity contribution in [1.82, 2.24) is 0 Å². The molecule has 0 atom stereocenters. The zero-order chi connectivity index (χ0) is 23.8. The van der Waals surface area contributed by atoms with Crippen LogP contribution in [0.4, 0.5) is 5.69 Å². The number of nitrogens with one attached hydrogen (secondary N) is 1. The molecule has 3 aromatic carbocycles. The summed E-state index contributed by atoms with van der Waals surface area (Å²) in [6.07, 6.45) is 1.44. The number of carbonyl (C=O) groups excluding carboxylic acids is 1. The third-order valence-corrected chi connectivity index (χ3v) is 5.62. The lowest BCUT2D eigenvalue weighted by molar-refractivity contribution is -0.112. The third-order valence-electron chi connectivity index (χ3n) is 4.44. The van der Waals surface area contributed by atoms with Crippen LogP contribution in [0.15, 0.2) is 70.7 Å². The molecule has 1 amide bonds. The van der Waals surface area contributed by atoms with E-state index in [1.807, 2.05) is 31.2 Å². The molecular formula is C25H19BrCl2N2O3. The van der Waals surface area contributed by atoms with Gasteiger partial charge < -0.3 is 14.8 Å². The molecule has 1 N–H and O–H groups in total. The third kappa shape index (κ3) is 6.75. The molecule has 5 nitrogen and oxygen atoms in total. The second kappa shape index (κ2) is 11.8. The summed E-state index contributed by atoms with van der Waals surface area (Å²) in [5, 5.41) is 13.1. The minimum absolute atomic E-state index is 0.0823. The van der Waals surface area contributed by atoms with Crippen LogP contribution in [-0.4, -0.2) is 12.5 Å². The van der Waals surface area contributed by atoms with E-state index in [9.17, 15) is 10.1 Å². The van der Waals surface area contributed by atoms with E-state index in [1.54, 1.807) is 42.5 Å². The Bertz CT molecular complexity index is 1220. The van der Waals surface area contributed by atoms with Gasteiger partial charge in [-0.1, -0.05) is 57.3 Å². The van der Waals surface area contributed by atoms with Crippen LogP contribution in [0.5, 0.6) is 11.5 Å². The maximum absolute atomic E-state index is 12.6. The van der Waals surface area contributed by atoms with Crippen molar-refractivity contribution in [3.05, 3.63) is 91.9 Å². The smallest absolute Gasteiger partial charge is 0.266 e. The average Bonchev–Trinajstić information content (AvgIpc) is 2.79. The number of carbonyl (C=O) groups is 1. The fraction of sp³-hybridized carbons (Fsp3) is 0.120. The van der Waals surface area contributed by atoms with Crippen molar-refractivity contribution in [2.24, 2.45) is 0 Å². The number of hydrogen-bond acceptors (Lipinski definition) is 4. The van der Waals surface area contributed by atoms with Crippen LogP contribution in [0.3, 0.4) is 0 Å². The lowest BCUT2D eigenvalue weighted by Crippen LogP contribution is -2.13. The molecular weight excluding hydrogens is 527 g/mol. The maximum atomic E-state index is 12.6. The van der Waals surface area contributed by atoms with Crippen molar-refractivity contribution in [3.63, 3.8) is 0 Å². The van der Waals surface area contributed by atoms with E-state index in [0.717, 1.165) is 10.0 Å². The maximum Gasteiger partial charge on any atom is 0.266 e. The summed E-state index contributed by atoms with van der Waals surface area (Å²) < 4.78 is 12.5. The average molecular weight is 546 g/mol. The minimum atomic E-state index is -0.534. The van der Waals surface area contributed by atoms with Gasteiger partial charge in [0.2, 0.25) is 0 Å². The largest absolute Gasteiger partial charge is 0.490 e. The Morgan fingerprint density at radius 3 is 2.48 bits per heavy atom. The number of hydrogen-bond donors (Lipinski definition) is 1. The second-order valence-electron chi connectivity index (χ2n) is 6.77. The molecule has 0 saturated heterocycles. The molecule has 0 heterocycles. The molecule has 0 bridgehead atoms. The first kappa shape index (κ1) is 24.7. The fourth-order valence-corrected chi connectivity index (χ4v) is 3.61. The molecule has 0 spiro atoms. The first-order valence-electron chi connectivity index (χ1n) is 9.92. The van der Waals surface area contributed by atoms with Gasteiger partial charge in [0.1, 0.15) is 18.2 Å². The molecule has 0 saturated carbocycles. The summed E-state index contributed by atoms with van der Waals surface area (Å²) in [7, 11) is 0. The van der Waals surface area contributed by atoms with Crippen LogP contribution in [0.25, 0.3) is 6.08 Å². The van der Waals surface area contributed by atoms with Crippen molar-refractivity contribution in [3.8, 4) is 17.6 Å². The van der Waals surface area contributed by atoms with Crippen LogP contribution in [0, 0.1) is 11.3 Å². The van der Waals surface area contributed by atoms with Crippen molar-refractivity contribution in [2.75, 3.05) is 11.9 Å². The highest BCUT2D eigenvalue weighted by molar-refractivity contribution is 9.10. The zero-order valence-electron chi connectivity index (χ0n) is 17.6. The van der Waals surface area contributed by atoms with Gasteiger partial charge in [-0.15, -0.1) is 0 Å². The van der Waals surface area contributed by atoms with Gasteiger partial charge in [-0.25, -0.2) is 0 Å². The SMILES string of the molecule is CCOc1cc(/C=C(\C#N)C(=O)Nc2ccc(Br)cc2)cc(Cl)c1OCc1ccccc1Cl. The lowest BCUT2D eigenvalue weighted by Gasteiger charge is -2.15. The molecule has 168 valence electrons. The topological polar surface area (TPSA) is 71.3 Å². The van der Waals surface area contributed by atoms with Gasteiger partial charge in [-0.2, -0.15) is 5.26 Å². The lowest BCUT2D eigenvalue weighted by atomic mass is 10.1. The molecule has 0 unspecified atom stereocenters. The summed E-state index contributed by atoms with van der Waals surface area (Å²) in [6, 6.07) is 19.6. The van der Waals surface area contributed by atoms with E-state index >= 15 is 0 Å². The number of anilines is 1. The van der Waals surface area contributed by atoms with E-state index in [0.29, 0.717) is 34.4 Å². The zero-order valence-corrected chi connectivity index (χ0v) is 20.7. The normalized spacial score (nSPS) is 10.9. The Balaban J connectivity index is 1.85. The van der Waals surface area contributed by atoms with Crippen LogP contribution in [0.2, 0.25) is 10.0 Å². The van der Waals surface area contributed by atoms with Gasteiger partial charge >= 0.3 is 0 Å². The molecule has 8 heteroatoms. The van der Waals surface area contributed by atoms with E-state index in [1.165, 1.54) is 6.08 Å². The Kier molecular flexibility index (Phi) is 8.79. The highest BCUT2D eigenvalue weighted by Crippen LogP contribution is 2.38. The molecule has 33 heavy (non-hydrogen) atoms. The monoisotopic (exact) mass is 544 g/mol. The van der Waals surface area contributed by atoms with Crippen molar-refractivity contribution >= 4 is 56.8 Å². The van der Waals surface area contributed by atoms with Gasteiger partial charge in [0, 0.05) is 20.7 Å². The fourth-order valence-electron chi connectivity index (χ4n) is 2.89. The van der Waals surface area contributed by atoms with Crippen LogP contribution < -0.4 is 14.8 Å². The number of rotatable bonds is 8. The van der Waals surface area contributed by atoms with Gasteiger partial charge in [-0.05, 0) is 61.0 Å². The van der Waals surface area contributed by atoms with Crippen LogP contribution >= 0.6 is 39.1 Å². The van der Waals surface area contributed by atoms with Crippen LogP contribution in [0.1, 0.15) is 18.1 Å². The number of halogens is 3. The van der Waals surface area contributed by atoms with Crippen molar-refractivity contribution < 1.29 is 14.3 Å². The molecule has 0 aliphatic heterocycles. The van der Waals surface area contributed by atoms with E-state index in [-0.39, 0.29) is 17.2 Å². The first-order chi connectivity index (χ1) is 15.9. The second-order valence-corrected chi connectivity index (χ2v) is 8.50. The van der Waals surface area contributed by atoms with Gasteiger partial charge in [0.05, 0.1) is 11.6 Å². The molecule has 3 rings (SSSR count). The summed E-state index contributed by atoms with van der Waals surface area (Å²) >= 11 is 16.0. The highest BCUT2D eigenvalue weighted by Gasteiger charge is 2.15. The van der Waals surface area contributed by atoms with E-state index in [2.05, 4.69) is 21.2 Å². The number of benzene rings is 3. The molecule has 0 aliphatic carbocycles. The number of amides is 1. The molecule has 0 aromatic heterocycles. The number of nitrogens with zero attached hydrogens (tertiary/aromatic N) is 1. The molecule has 0 fully saturated rings. The first-order valence-corrected chi connectivity index (χ1v) is 11.5. The van der Waals surface area contributed by atoms with Gasteiger partial charge in [0.25, 0.3) is 5.91 Å². The quantitative estimate of drug-likeness (QED) is 0.238. The Labute approximate surface area is 210 Å². The summed E-state index contributed by atoms with van der Waals surface area (Å²) in [4.78, 5) is 12.6. The van der Waals surface area contributed by atoms with Crippen molar-refractivity contribution in [1.29, 1.82) is 5.26 Å². The molecule has 0 aliphatic rings. The Hall–Kier alpha value is -2.98. The minimum Gasteiger partial charge on any atom is -0.490 e. The predicted molar refractivity (Wildman–Crippen MR) is 135 cm³/mol.